The van der Waals surface area contributed by atoms with Crippen LogP contribution in [0.2, 0.25) is 5.02 Å². The summed E-state index contributed by atoms with van der Waals surface area (Å²) in [7, 11) is 0. The Morgan fingerprint density at radius 2 is 2.28 bits per heavy atom. The van der Waals surface area contributed by atoms with Gasteiger partial charge in [-0.25, -0.2) is 4.52 Å². The van der Waals surface area contributed by atoms with Gasteiger partial charge in [0.25, 0.3) is 0 Å². The molecule has 2 aromatic heterocycles. The molecule has 96 valence electrons. The molecule has 1 saturated carbocycles. The van der Waals surface area contributed by atoms with Gasteiger partial charge in [-0.2, -0.15) is 4.98 Å². The highest BCUT2D eigenvalue weighted by Crippen LogP contribution is 2.37. The zero-order valence-electron chi connectivity index (χ0n) is 10.7. The van der Waals surface area contributed by atoms with Gasteiger partial charge in [0, 0.05) is 12.2 Å². The lowest BCUT2D eigenvalue weighted by molar-refractivity contribution is 0.378. The van der Waals surface area contributed by atoms with Crippen LogP contribution in [0.4, 0.5) is 5.95 Å². The van der Waals surface area contributed by atoms with Crippen molar-refractivity contribution in [3.05, 3.63) is 23.4 Å². The summed E-state index contributed by atoms with van der Waals surface area (Å²) in [5, 5.41) is 8.48. The van der Waals surface area contributed by atoms with Crippen LogP contribution in [-0.2, 0) is 0 Å². The zero-order valence-corrected chi connectivity index (χ0v) is 11.4. The van der Waals surface area contributed by atoms with Crippen molar-refractivity contribution >= 4 is 23.2 Å². The fourth-order valence-corrected chi connectivity index (χ4v) is 2.82. The summed E-state index contributed by atoms with van der Waals surface area (Å²) < 4.78 is 1.71. The molecule has 1 N–H and O–H groups in total. The van der Waals surface area contributed by atoms with Crippen LogP contribution in [-0.4, -0.2) is 20.6 Å². The molecule has 0 amide bonds. The Labute approximate surface area is 111 Å². The van der Waals surface area contributed by atoms with E-state index in [0.717, 1.165) is 5.65 Å². The average Bonchev–Trinajstić information content (AvgIpc) is 2.81. The maximum Gasteiger partial charge on any atom is 0.243 e. The Hall–Kier alpha value is -1.29. The topological polar surface area (TPSA) is 42.2 Å². The van der Waals surface area contributed by atoms with E-state index in [4.69, 9.17) is 11.6 Å². The number of pyridine rings is 1. The van der Waals surface area contributed by atoms with Crippen LogP contribution < -0.4 is 5.32 Å². The maximum atomic E-state index is 5.93. The number of fused-ring (bicyclic) bond motifs is 1. The van der Waals surface area contributed by atoms with E-state index in [2.05, 4.69) is 29.2 Å². The van der Waals surface area contributed by atoms with Gasteiger partial charge in [-0.3, -0.25) is 0 Å². The van der Waals surface area contributed by atoms with Gasteiger partial charge in [-0.05, 0) is 36.8 Å². The van der Waals surface area contributed by atoms with Crippen molar-refractivity contribution in [3.8, 4) is 0 Å². The molecule has 0 aromatic carbocycles. The van der Waals surface area contributed by atoms with Crippen molar-refractivity contribution in [2.45, 2.75) is 39.2 Å². The predicted molar refractivity (Wildman–Crippen MR) is 73.0 cm³/mol. The monoisotopic (exact) mass is 264 g/mol. The summed E-state index contributed by atoms with van der Waals surface area (Å²) in [6.45, 7) is 4.62. The normalized spacial score (nSPS) is 22.5. The Morgan fingerprint density at radius 1 is 1.44 bits per heavy atom. The molecule has 2 aromatic rings. The minimum atomic E-state index is 0.431. The first-order valence-electron chi connectivity index (χ1n) is 6.30. The number of aromatic nitrogens is 3. The molecule has 3 rings (SSSR count). The molecule has 0 radical (unpaired) electrons. The van der Waals surface area contributed by atoms with E-state index in [9.17, 15) is 0 Å². The van der Waals surface area contributed by atoms with Gasteiger partial charge in [0.2, 0.25) is 5.95 Å². The van der Waals surface area contributed by atoms with Crippen molar-refractivity contribution in [1.82, 2.24) is 14.6 Å². The molecule has 5 heteroatoms. The van der Waals surface area contributed by atoms with E-state index >= 15 is 0 Å². The molecule has 1 fully saturated rings. The van der Waals surface area contributed by atoms with Gasteiger partial charge >= 0.3 is 0 Å². The number of hydrogen-bond acceptors (Lipinski definition) is 3. The zero-order chi connectivity index (χ0) is 12.8. The van der Waals surface area contributed by atoms with Crippen LogP contribution in [0.1, 0.15) is 33.1 Å². The summed E-state index contributed by atoms with van der Waals surface area (Å²) >= 11 is 5.93. The lowest BCUT2D eigenvalue weighted by Crippen LogP contribution is -2.18. The molecule has 4 nitrogen and oxygen atoms in total. The Kier molecular flexibility index (Phi) is 2.70. The smallest absolute Gasteiger partial charge is 0.243 e. The molecule has 1 unspecified atom stereocenters. The third-order valence-corrected chi connectivity index (χ3v) is 3.82. The van der Waals surface area contributed by atoms with Crippen LogP contribution >= 0.6 is 11.6 Å². The Morgan fingerprint density at radius 3 is 3.00 bits per heavy atom. The maximum absolute atomic E-state index is 5.93. The van der Waals surface area contributed by atoms with E-state index in [0.29, 0.717) is 22.4 Å². The molecule has 1 aliphatic carbocycles. The first-order chi connectivity index (χ1) is 8.52. The first-order valence-corrected chi connectivity index (χ1v) is 6.68. The van der Waals surface area contributed by atoms with Crippen LogP contribution in [0.15, 0.2) is 18.3 Å². The molecular weight excluding hydrogens is 248 g/mol. The SMILES string of the molecule is CC1(C)CCC(Nc2nc3ccc(Cl)cn3n2)C1. The van der Waals surface area contributed by atoms with Crippen molar-refractivity contribution in [2.24, 2.45) is 5.41 Å². The molecule has 0 spiro atoms. The number of nitrogens with one attached hydrogen (secondary N) is 1. The molecule has 0 bridgehead atoms. The second-order valence-electron chi connectivity index (χ2n) is 5.83. The lowest BCUT2D eigenvalue weighted by Gasteiger charge is -2.17. The van der Waals surface area contributed by atoms with Gasteiger partial charge in [-0.1, -0.05) is 25.4 Å². The number of rotatable bonds is 2. The quantitative estimate of drug-likeness (QED) is 0.904. The highest BCUT2D eigenvalue weighted by Gasteiger charge is 2.31. The lowest BCUT2D eigenvalue weighted by atomic mass is 9.92. The fraction of sp³-hybridized carbons (Fsp3) is 0.538. The summed E-state index contributed by atoms with van der Waals surface area (Å²) in [5.74, 6) is 0.694. The van der Waals surface area contributed by atoms with E-state index in [1.165, 1.54) is 19.3 Å². The fourth-order valence-electron chi connectivity index (χ4n) is 2.66. The van der Waals surface area contributed by atoms with Gasteiger partial charge in [-0.15, -0.1) is 5.10 Å². The van der Waals surface area contributed by atoms with Crippen molar-refractivity contribution < 1.29 is 0 Å². The average molecular weight is 265 g/mol. The van der Waals surface area contributed by atoms with Crippen LogP contribution in [0.5, 0.6) is 0 Å². The summed E-state index contributed by atoms with van der Waals surface area (Å²) in [6, 6.07) is 4.18. The predicted octanol–water partition coefficient (Wildman–Crippen LogP) is 3.37. The first kappa shape index (κ1) is 11.8. The molecule has 1 aliphatic rings. The number of halogens is 1. The summed E-state index contributed by atoms with van der Waals surface area (Å²) in [6.07, 6.45) is 5.38. The van der Waals surface area contributed by atoms with Gasteiger partial charge in [0.1, 0.15) is 0 Å². The van der Waals surface area contributed by atoms with E-state index in [-0.39, 0.29) is 0 Å². The molecule has 2 heterocycles. The molecular formula is C13H17ClN4. The van der Waals surface area contributed by atoms with E-state index < -0.39 is 0 Å². The van der Waals surface area contributed by atoms with Crippen molar-refractivity contribution in [3.63, 3.8) is 0 Å². The third kappa shape index (κ3) is 2.29. The molecule has 18 heavy (non-hydrogen) atoms. The second kappa shape index (κ2) is 4.12. The number of anilines is 1. The standard InChI is InChI=1S/C13H17ClN4/c1-13(2)6-5-10(7-13)15-12-16-11-4-3-9(14)8-18(11)17-12/h3-4,8,10H,5-7H2,1-2H3,(H,15,17). The van der Waals surface area contributed by atoms with Crippen LogP contribution in [0, 0.1) is 5.41 Å². The number of hydrogen-bond donors (Lipinski definition) is 1. The Balaban J connectivity index is 1.79. The minimum absolute atomic E-state index is 0.431. The highest BCUT2D eigenvalue weighted by atomic mass is 35.5. The number of nitrogens with zero attached hydrogens (tertiary/aromatic N) is 3. The molecule has 1 atom stereocenters. The van der Waals surface area contributed by atoms with Crippen molar-refractivity contribution in [2.75, 3.05) is 5.32 Å². The third-order valence-electron chi connectivity index (χ3n) is 3.60. The summed E-state index contributed by atoms with van der Waals surface area (Å²) in [4.78, 5) is 4.45. The van der Waals surface area contributed by atoms with Crippen LogP contribution in [0.3, 0.4) is 0 Å². The minimum Gasteiger partial charge on any atom is -0.350 e. The highest BCUT2D eigenvalue weighted by molar-refractivity contribution is 6.30. The Bertz CT molecular complexity index is 575. The molecule has 0 saturated heterocycles. The van der Waals surface area contributed by atoms with E-state index in [1.807, 2.05) is 12.1 Å². The largest absolute Gasteiger partial charge is 0.350 e. The summed E-state index contributed by atoms with van der Waals surface area (Å²) in [5.41, 5.74) is 1.25. The van der Waals surface area contributed by atoms with Gasteiger partial charge in [0.15, 0.2) is 5.65 Å². The second-order valence-corrected chi connectivity index (χ2v) is 6.27. The van der Waals surface area contributed by atoms with Gasteiger partial charge < -0.3 is 5.32 Å². The van der Waals surface area contributed by atoms with E-state index in [1.54, 1.807) is 10.7 Å². The molecule has 0 aliphatic heterocycles. The van der Waals surface area contributed by atoms with Crippen molar-refractivity contribution in [1.29, 1.82) is 0 Å². The van der Waals surface area contributed by atoms with Crippen LogP contribution in [0.25, 0.3) is 5.65 Å². The van der Waals surface area contributed by atoms with Gasteiger partial charge in [0.05, 0.1) is 5.02 Å².